The first-order valence-corrected chi connectivity index (χ1v) is 13.2. The second-order valence-corrected chi connectivity index (χ2v) is 11.0. The van der Waals surface area contributed by atoms with Crippen LogP contribution in [0.5, 0.6) is 5.75 Å². The monoisotopic (exact) mass is 582 g/mol. The number of carbonyl (C=O) groups is 3. The number of hydrogen-bond donors (Lipinski definition) is 3. The van der Waals surface area contributed by atoms with Crippen molar-refractivity contribution in [2.45, 2.75) is 51.0 Å². The summed E-state index contributed by atoms with van der Waals surface area (Å²) >= 11 is 0. The van der Waals surface area contributed by atoms with Gasteiger partial charge in [0.2, 0.25) is 5.91 Å². The third-order valence-corrected chi connectivity index (χ3v) is 5.81. The van der Waals surface area contributed by atoms with E-state index in [0.29, 0.717) is 11.3 Å². The molecule has 1 fully saturated rings. The maximum atomic E-state index is 12.9. The highest BCUT2D eigenvalue weighted by Gasteiger charge is 2.30. The number of anilines is 3. The van der Waals surface area contributed by atoms with Crippen LogP contribution >= 0.6 is 0 Å². The number of methoxy groups -OCH3 is 1. The van der Waals surface area contributed by atoms with Crippen LogP contribution in [-0.2, 0) is 16.1 Å². The molecule has 2 aromatic heterocycles. The Hall–Kier alpha value is -4.56. The van der Waals surface area contributed by atoms with Gasteiger partial charge in [-0.05, 0) is 45.7 Å². The molecule has 1 aliphatic rings. The minimum Gasteiger partial charge on any atom is -0.494 e. The van der Waals surface area contributed by atoms with E-state index >= 15 is 0 Å². The zero-order chi connectivity index (χ0) is 31.5. The SMILES string of the molecule is [B]C([B])([B])NC(=O)c1nnc(NC(=O)C2CC2)cc1Nc1cccc(-c2nc(CN(C)C(=O)OC(C)(C)C)no2)c1OC. The van der Waals surface area contributed by atoms with E-state index in [0.717, 1.165) is 12.8 Å². The number of aromatic nitrogens is 4. The summed E-state index contributed by atoms with van der Waals surface area (Å²) in [6, 6.07) is 6.46. The Balaban J connectivity index is 1.62. The lowest BCUT2D eigenvalue weighted by atomic mass is 9.49. The van der Waals surface area contributed by atoms with Gasteiger partial charge in [0.05, 0.1) is 54.1 Å². The van der Waals surface area contributed by atoms with Crippen LogP contribution in [0.1, 0.15) is 49.9 Å². The summed E-state index contributed by atoms with van der Waals surface area (Å²) in [5, 5.41) is 17.8. The molecule has 1 saturated carbocycles. The molecule has 14 nitrogen and oxygen atoms in total. The fraction of sp³-hybridized carbons (Fsp3) is 0.423. The average Bonchev–Trinajstić information content (AvgIpc) is 3.65. The fourth-order valence-corrected chi connectivity index (χ4v) is 3.76. The summed E-state index contributed by atoms with van der Waals surface area (Å²) < 4.78 is 16.5. The molecule has 1 aliphatic carbocycles. The van der Waals surface area contributed by atoms with Crippen molar-refractivity contribution in [1.29, 1.82) is 0 Å². The van der Waals surface area contributed by atoms with E-state index < -0.39 is 22.8 Å². The molecule has 218 valence electrons. The van der Waals surface area contributed by atoms with Crippen molar-refractivity contribution in [3.05, 3.63) is 35.8 Å². The Morgan fingerprint density at radius 1 is 1.12 bits per heavy atom. The van der Waals surface area contributed by atoms with Gasteiger partial charge in [-0.1, -0.05) is 16.5 Å². The van der Waals surface area contributed by atoms with Gasteiger partial charge in [0, 0.05) is 19.0 Å². The molecular weight excluding hydrogens is 553 g/mol. The highest BCUT2D eigenvalue weighted by molar-refractivity contribution is 6.60. The average molecular weight is 582 g/mol. The lowest BCUT2D eigenvalue weighted by Crippen LogP contribution is -2.50. The second kappa shape index (κ2) is 12.4. The Labute approximate surface area is 252 Å². The van der Waals surface area contributed by atoms with Gasteiger partial charge in [0.15, 0.2) is 23.1 Å². The quantitative estimate of drug-likeness (QED) is 0.298. The Kier molecular flexibility index (Phi) is 9.02. The summed E-state index contributed by atoms with van der Waals surface area (Å²) in [6.45, 7) is 5.33. The maximum Gasteiger partial charge on any atom is 0.410 e. The lowest BCUT2D eigenvalue weighted by Gasteiger charge is -2.23. The Morgan fingerprint density at radius 3 is 2.47 bits per heavy atom. The second-order valence-electron chi connectivity index (χ2n) is 11.0. The smallest absolute Gasteiger partial charge is 0.410 e. The molecule has 0 atom stereocenters. The number of amides is 3. The van der Waals surface area contributed by atoms with Gasteiger partial charge in [0.25, 0.3) is 11.8 Å². The zero-order valence-electron chi connectivity index (χ0n) is 24.4. The van der Waals surface area contributed by atoms with Crippen LogP contribution in [0, 0.1) is 5.92 Å². The minimum absolute atomic E-state index is 0.0279. The summed E-state index contributed by atoms with van der Waals surface area (Å²) in [4.78, 5) is 43.3. The van der Waals surface area contributed by atoms with Crippen molar-refractivity contribution in [3.8, 4) is 17.2 Å². The molecule has 0 unspecified atom stereocenters. The predicted molar refractivity (Wildman–Crippen MR) is 158 cm³/mol. The number of para-hydroxylation sites is 1. The lowest BCUT2D eigenvalue weighted by molar-refractivity contribution is -0.117. The van der Waals surface area contributed by atoms with E-state index in [2.05, 4.69) is 36.3 Å². The van der Waals surface area contributed by atoms with Crippen LogP contribution in [0.4, 0.5) is 22.0 Å². The first kappa shape index (κ1) is 31.4. The largest absolute Gasteiger partial charge is 0.494 e. The number of hydrogen-bond acceptors (Lipinski definition) is 11. The summed E-state index contributed by atoms with van der Waals surface area (Å²) in [7, 11) is 19.6. The number of nitrogens with zero attached hydrogens (tertiary/aromatic N) is 5. The van der Waals surface area contributed by atoms with E-state index in [1.807, 2.05) is 0 Å². The molecule has 0 aliphatic heterocycles. The Bertz CT molecular complexity index is 1520. The standard InChI is InChI=1S/C26H29B3N8O6/c1-25(2,3)42-24(40)37(4)12-18-32-23(43-36-18)14-7-6-8-15(20(14)41-5)30-16-11-17(31-21(38)13-9-10-13)34-35-19(16)22(39)33-26(27,28)29/h6-8,11,13H,9-10,12H2,1-5H3,(H,33,39)(H2,30,31,34,38). The van der Waals surface area contributed by atoms with Gasteiger partial charge >= 0.3 is 6.09 Å². The van der Waals surface area contributed by atoms with Crippen LogP contribution in [0.15, 0.2) is 28.8 Å². The fourth-order valence-electron chi connectivity index (χ4n) is 3.76. The molecule has 1 aromatic carbocycles. The van der Waals surface area contributed by atoms with Gasteiger partial charge in [-0.25, -0.2) is 4.79 Å². The molecule has 0 bridgehead atoms. The summed E-state index contributed by atoms with van der Waals surface area (Å²) in [5.74, 6) is -0.397. The molecule has 17 heteroatoms. The van der Waals surface area contributed by atoms with Crippen molar-refractivity contribution < 1.29 is 28.4 Å². The first-order valence-electron chi connectivity index (χ1n) is 13.2. The van der Waals surface area contributed by atoms with Crippen LogP contribution < -0.4 is 20.7 Å². The van der Waals surface area contributed by atoms with Crippen LogP contribution in [0.25, 0.3) is 11.5 Å². The summed E-state index contributed by atoms with van der Waals surface area (Å²) in [6.07, 6.45) is 1.03. The number of ether oxygens (including phenoxy) is 2. The van der Waals surface area contributed by atoms with Crippen molar-refractivity contribution in [2.75, 3.05) is 24.8 Å². The number of nitrogens with one attached hydrogen (secondary N) is 3. The van der Waals surface area contributed by atoms with E-state index in [9.17, 15) is 14.4 Å². The van der Waals surface area contributed by atoms with Gasteiger partial charge in [-0.2, -0.15) is 4.98 Å². The molecule has 4 rings (SSSR count). The van der Waals surface area contributed by atoms with E-state index in [1.54, 1.807) is 46.0 Å². The molecule has 3 aromatic rings. The molecule has 0 spiro atoms. The van der Waals surface area contributed by atoms with Gasteiger partial charge in [-0.15, -0.1) is 10.2 Å². The minimum atomic E-state index is -2.03. The molecule has 43 heavy (non-hydrogen) atoms. The summed E-state index contributed by atoms with van der Waals surface area (Å²) in [5.41, 5.74) is 0.0276. The van der Waals surface area contributed by atoms with E-state index in [-0.39, 0.29) is 53.0 Å². The predicted octanol–water partition coefficient (Wildman–Crippen LogP) is 1.84. The molecule has 2 heterocycles. The van der Waals surface area contributed by atoms with E-state index in [1.165, 1.54) is 18.1 Å². The highest BCUT2D eigenvalue weighted by atomic mass is 16.6. The zero-order valence-corrected chi connectivity index (χ0v) is 24.4. The van der Waals surface area contributed by atoms with E-state index in [4.69, 9.17) is 37.5 Å². The third-order valence-electron chi connectivity index (χ3n) is 5.81. The number of benzene rings is 1. The van der Waals surface area contributed by atoms with Crippen molar-refractivity contribution in [1.82, 2.24) is 30.6 Å². The van der Waals surface area contributed by atoms with Crippen molar-refractivity contribution in [3.63, 3.8) is 0 Å². The maximum absolute atomic E-state index is 12.9. The molecule has 3 amide bonds. The number of rotatable bonds is 10. The van der Waals surface area contributed by atoms with Gasteiger partial charge in [-0.3, -0.25) is 9.59 Å². The topological polar surface area (TPSA) is 174 Å². The van der Waals surface area contributed by atoms with Crippen LogP contribution in [0.3, 0.4) is 0 Å². The van der Waals surface area contributed by atoms with Crippen LogP contribution in [-0.4, -0.2) is 91.7 Å². The third kappa shape index (κ3) is 8.49. The number of carbonyl (C=O) groups excluding carboxylic acids is 3. The van der Waals surface area contributed by atoms with Crippen LogP contribution in [0.2, 0.25) is 0 Å². The molecule has 6 radical (unpaired) electrons. The Morgan fingerprint density at radius 2 is 1.84 bits per heavy atom. The normalized spacial score (nSPS) is 13.1. The molecule has 0 saturated heterocycles. The molecular formula is C26H29B3N8O6. The first-order chi connectivity index (χ1) is 20.1. The van der Waals surface area contributed by atoms with Crippen molar-refractivity contribution in [2.24, 2.45) is 5.92 Å². The van der Waals surface area contributed by atoms with Crippen molar-refractivity contribution >= 4 is 58.6 Å². The highest BCUT2D eigenvalue weighted by Crippen LogP contribution is 2.38. The van der Waals surface area contributed by atoms with Gasteiger partial charge < -0.3 is 34.8 Å². The molecule has 3 N–H and O–H groups in total. The van der Waals surface area contributed by atoms with Gasteiger partial charge in [0.1, 0.15) is 5.60 Å².